The second-order valence-electron chi connectivity index (χ2n) is 8.30. The maximum absolute atomic E-state index is 13.5. The number of aromatic amines is 2. The number of ether oxygens (including phenoxy) is 1. The van der Waals surface area contributed by atoms with Crippen molar-refractivity contribution in [2.75, 3.05) is 13.7 Å². The molecule has 6 nitrogen and oxygen atoms in total. The highest BCUT2D eigenvalue weighted by Gasteiger charge is 2.33. The number of carbonyl (C=O) groups is 1. The van der Waals surface area contributed by atoms with Gasteiger partial charge in [-0.25, -0.2) is 4.99 Å². The molecule has 0 saturated carbocycles. The van der Waals surface area contributed by atoms with Gasteiger partial charge >= 0.3 is 0 Å². The van der Waals surface area contributed by atoms with Crippen molar-refractivity contribution in [2.24, 2.45) is 4.99 Å². The normalized spacial score (nSPS) is 16.3. The molecule has 1 fully saturated rings. The Bertz CT molecular complexity index is 1410. The number of aryl methyl sites for hydroxylation is 2. The van der Waals surface area contributed by atoms with Gasteiger partial charge in [0.15, 0.2) is 5.17 Å². The Morgan fingerprint density at radius 1 is 1.12 bits per heavy atom. The van der Waals surface area contributed by atoms with Gasteiger partial charge in [0.05, 0.1) is 17.7 Å². The number of nitrogens with zero attached hydrogens (tertiary/aromatic N) is 2. The number of rotatable bonds is 6. The van der Waals surface area contributed by atoms with E-state index in [4.69, 9.17) is 9.73 Å². The summed E-state index contributed by atoms with van der Waals surface area (Å²) in [5, 5.41) is 1.87. The highest BCUT2D eigenvalue weighted by molar-refractivity contribution is 8.18. The maximum Gasteiger partial charge on any atom is 0.266 e. The number of fused-ring (bicyclic) bond motifs is 1. The van der Waals surface area contributed by atoms with Crippen molar-refractivity contribution in [2.45, 2.75) is 20.3 Å². The molecule has 7 heteroatoms. The summed E-state index contributed by atoms with van der Waals surface area (Å²) in [5.74, 6) is 0.754. The molecular weight excluding hydrogens is 444 g/mol. The van der Waals surface area contributed by atoms with Crippen LogP contribution in [-0.2, 0) is 11.2 Å². The predicted octanol–water partition coefficient (Wildman–Crippen LogP) is 5.97. The van der Waals surface area contributed by atoms with Gasteiger partial charge in [0.2, 0.25) is 0 Å². The van der Waals surface area contributed by atoms with E-state index in [2.05, 4.69) is 28.2 Å². The molecule has 0 radical (unpaired) electrons. The molecule has 34 heavy (non-hydrogen) atoms. The van der Waals surface area contributed by atoms with Crippen LogP contribution in [0, 0.1) is 13.8 Å². The van der Waals surface area contributed by atoms with E-state index >= 15 is 0 Å². The van der Waals surface area contributed by atoms with Crippen molar-refractivity contribution in [1.29, 1.82) is 0 Å². The van der Waals surface area contributed by atoms with Crippen molar-refractivity contribution in [3.63, 3.8) is 0 Å². The molecule has 0 spiro atoms. The van der Waals surface area contributed by atoms with Crippen LogP contribution < -0.4 is 4.74 Å². The van der Waals surface area contributed by atoms with Crippen molar-refractivity contribution in [3.05, 3.63) is 88.2 Å². The monoisotopic (exact) mass is 470 g/mol. The number of hydrogen-bond donors (Lipinski definition) is 2. The molecular formula is C27H26N4O2S. The zero-order valence-electron chi connectivity index (χ0n) is 19.4. The van der Waals surface area contributed by atoms with Crippen LogP contribution in [0.5, 0.6) is 5.75 Å². The average molecular weight is 471 g/mol. The minimum atomic E-state index is -0.0182. The maximum atomic E-state index is 13.5. The Hall–Kier alpha value is -3.71. The lowest BCUT2D eigenvalue weighted by Crippen LogP contribution is -2.31. The van der Waals surface area contributed by atoms with Crippen LogP contribution in [0.1, 0.15) is 22.5 Å². The van der Waals surface area contributed by atoms with Gasteiger partial charge in [0.1, 0.15) is 5.75 Å². The molecule has 0 bridgehead atoms. The number of methoxy groups -OCH3 is 1. The number of carbonyl (C=O) groups excluding carboxylic acids is 1. The minimum Gasteiger partial charge on any atom is -0.497 e. The lowest BCUT2D eigenvalue weighted by Gasteiger charge is -2.15. The standard InChI is InChI=1S/C27H26N4O2S/c1-17-14-20(18(2)29-17)15-25-26(32)31(13-12-19-16-28-24-7-5-4-6-23(19)24)27(34-25)30-21-8-10-22(33-3)11-9-21/h4-11,14-16,28-29H,12-13H2,1-3H3/b25-15-,30-27?. The Morgan fingerprint density at radius 3 is 2.65 bits per heavy atom. The van der Waals surface area contributed by atoms with E-state index < -0.39 is 0 Å². The quantitative estimate of drug-likeness (QED) is 0.341. The van der Waals surface area contributed by atoms with Crippen molar-refractivity contribution in [3.8, 4) is 5.75 Å². The molecule has 172 valence electrons. The van der Waals surface area contributed by atoms with Gasteiger partial charge in [-0.2, -0.15) is 0 Å². The Morgan fingerprint density at radius 2 is 1.91 bits per heavy atom. The molecule has 1 aliphatic rings. The number of aliphatic imine (C=N–C) groups is 1. The van der Waals surface area contributed by atoms with Gasteiger partial charge in [-0.05, 0) is 85.6 Å². The molecule has 1 saturated heterocycles. The minimum absolute atomic E-state index is 0.0182. The summed E-state index contributed by atoms with van der Waals surface area (Å²) in [6.45, 7) is 4.58. The van der Waals surface area contributed by atoms with E-state index in [0.717, 1.165) is 40.3 Å². The molecule has 2 aromatic carbocycles. The van der Waals surface area contributed by atoms with Gasteiger partial charge in [-0.1, -0.05) is 18.2 Å². The second-order valence-corrected chi connectivity index (χ2v) is 9.31. The first kappa shape index (κ1) is 22.1. The Kier molecular flexibility index (Phi) is 6.02. The molecule has 4 aromatic rings. The van der Waals surface area contributed by atoms with Crippen LogP contribution in [0.4, 0.5) is 5.69 Å². The van der Waals surface area contributed by atoms with Crippen LogP contribution in [0.25, 0.3) is 17.0 Å². The number of para-hydroxylation sites is 1. The summed E-state index contributed by atoms with van der Waals surface area (Å²) in [5.41, 5.74) is 6.21. The van der Waals surface area contributed by atoms with Gasteiger partial charge in [0, 0.05) is 35.0 Å². The van der Waals surface area contributed by atoms with Crippen LogP contribution >= 0.6 is 11.8 Å². The summed E-state index contributed by atoms with van der Waals surface area (Å²) in [7, 11) is 1.64. The third-order valence-corrected chi connectivity index (χ3v) is 6.95. The number of aromatic nitrogens is 2. The first-order valence-corrected chi connectivity index (χ1v) is 12.0. The van der Waals surface area contributed by atoms with Gasteiger partial charge in [0.25, 0.3) is 5.91 Å². The highest BCUT2D eigenvalue weighted by atomic mass is 32.2. The van der Waals surface area contributed by atoms with Crippen LogP contribution in [-0.4, -0.2) is 39.6 Å². The molecule has 3 heterocycles. The fourth-order valence-corrected chi connectivity index (χ4v) is 5.18. The van der Waals surface area contributed by atoms with Crippen LogP contribution in [0.3, 0.4) is 0 Å². The highest BCUT2D eigenvalue weighted by Crippen LogP contribution is 2.35. The Balaban J connectivity index is 1.46. The predicted molar refractivity (Wildman–Crippen MR) is 140 cm³/mol. The lowest BCUT2D eigenvalue weighted by molar-refractivity contribution is -0.122. The fraction of sp³-hybridized carbons (Fsp3) is 0.185. The topological polar surface area (TPSA) is 73.5 Å². The number of hydrogen-bond acceptors (Lipinski definition) is 4. The molecule has 0 atom stereocenters. The van der Waals surface area contributed by atoms with E-state index in [0.29, 0.717) is 16.6 Å². The molecule has 2 aromatic heterocycles. The molecule has 2 N–H and O–H groups in total. The van der Waals surface area contributed by atoms with E-state index in [9.17, 15) is 4.79 Å². The number of amidine groups is 1. The average Bonchev–Trinajstić information content (AvgIpc) is 3.49. The summed E-state index contributed by atoms with van der Waals surface area (Å²) >= 11 is 1.42. The second kappa shape index (κ2) is 9.27. The van der Waals surface area contributed by atoms with E-state index in [1.807, 2.05) is 62.5 Å². The van der Waals surface area contributed by atoms with E-state index in [1.165, 1.54) is 22.7 Å². The largest absolute Gasteiger partial charge is 0.497 e. The summed E-state index contributed by atoms with van der Waals surface area (Å²) in [6, 6.07) is 17.8. The summed E-state index contributed by atoms with van der Waals surface area (Å²) in [6.07, 6.45) is 4.72. The van der Waals surface area contributed by atoms with Gasteiger partial charge in [-0.15, -0.1) is 0 Å². The lowest BCUT2D eigenvalue weighted by atomic mass is 10.1. The fourth-order valence-electron chi connectivity index (χ4n) is 4.16. The zero-order valence-corrected chi connectivity index (χ0v) is 20.2. The molecule has 0 unspecified atom stereocenters. The first-order chi connectivity index (χ1) is 16.5. The third-order valence-electron chi connectivity index (χ3n) is 5.94. The number of thioether (sulfide) groups is 1. The van der Waals surface area contributed by atoms with Gasteiger partial charge in [-0.3, -0.25) is 9.69 Å². The molecule has 5 rings (SSSR count). The van der Waals surface area contributed by atoms with Crippen LogP contribution in [0.15, 0.2) is 70.7 Å². The molecule has 0 aliphatic carbocycles. The summed E-state index contributed by atoms with van der Waals surface area (Å²) < 4.78 is 5.26. The number of nitrogens with one attached hydrogen (secondary N) is 2. The van der Waals surface area contributed by atoms with Crippen molar-refractivity contribution >= 4 is 45.5 Å². The van der Waals surface area contributed by atoms with Crippen LogP contribution in [0.2, 0.25) is 0 Å². The molecule has 1 amide bonds. The third kappa shape index (κ3) is 4.39. The zero-order chi connectivity index (χ0) is 23.7. The Labute approximate surface area is 202 Å². The first-order valence-electron chi connectivity index (χ1n) is 11.2. The number of amides is 1. The van der Waals surface area contributed by atoms with Crippen molar-refractivity contribution in [1.82, 2.24) is 14.9 Å². The van der Waals surface area contributed by atoms with E-state index in [1.54, 1.807) is 12.0 Å². The van der Waals surface area contributed by atoms with E-state index in [-0.39, 0.29) is 5.91 Å². The smallest absolute Gasteiger partial charge is 0.266 e. The SMILES string of the molecule is COc1ccc(N=C2S/C(=C\c3cc(C)[nH]c3C)C(=O)N2CCc2c[nH]c3ccccc23)cc1. The number of benzene rings is 2. The van der Waals surface area contributed by atoms with Gasteiger partial charge < -0.3 is 14.7 Å². The summed E-state index contributed by atoms with van der Waals surface area (Å²) in [4.78, 5) is 27.4. The van der Waals surface area contributed by atoms with Crippen molar-refractivity contribution < 1.29 is 9.53 Å². The number of H-pyrrole nitrogens is 2. The molecule has 1 aliphatic heterocycles.